The number of nitrogens with one attached hydrogen (secondary N) is 1. The molecule has 5 heteroatoms. The van der Waals surface area contributed by atoms with E-state index < -0.39 is 0 Å². The summed E-state index contributed by atoms with van der Waals surface area (Å²) in [4.78, 5) is 9.30. The second-order valence-corrected chi connectivity index (χ2v) is 7.81. The maximum Gasteiger partial charge on any atom is 0.208 e. The molecule has 0 aliphatic heterocycles. The highest BCUT2D eigenvalue weighted by molar-refractivity contribution is 7.10. The molecule has 3 aromatic rings. The van der Waals surface area contributed by atoms with E-state index in [1.54, 1.807) is 17.6 Å². The lowest BCUT2D eigenvalue weighted by Crippen LogP contribution is -2.18. The number of hydrogen-bond donors (Lipinski definition) is 1. The van der Waals surface area contributed by atoms with Crippen molar-refractivity contribution in [2.24, 2.45) is 0 Å². The van der Waals surface area contributed by atoms with Crippen LogP contribution >= 0.6 is 11.3 Å². The molecule has 1 unspecified atom stereocenters. The number of aromatic nitrogens is 2. The Hall–Kier alpha value is -1.98. The minimum atomic E-state index is 0.00720. The van der Waals surface area contributed by atoms with Gasteiger partial charge >= 0.3 is 0 Å². The standard InChI is InChI=1S/C19H23N3OS/c1-13(20-10-17-22-16(11-23-17)19(2,3)4)18-21-15(12-24-18)14-8-6-5-7-9-14/h5-9,11-13,20H,10H2,1-4H3. The molecule has 0 bridgehead atoms. The SMILES string of the molecule is CC(NCc1nc(C(C)(C)C)co1)c1nc(-c2ccccc2)cs1. The summed E-state index contributed by atoms with van der Waals surface area (Å²) in [6.45, 7) is 9.10. The minimum absolute atomic E-state index is 0.00720. The van der Waals surface area contributed by atoms with E-state index in [0.29, 0.717) is 12.4 Å². The lowest BCUT2D eigenvalue weighted by atomic mass is 9.93. The summed E-state index contributed by atoms with van der Waals surface area (Å²) in [5, 5.41) is 6.61. The fourth-order valence-corrected chi connectivity index (χ4v) is 3.15. The van der Waals surface area contributed by atoms with Gasteiger partial charge in [0.2, 0.25) is 5.89 Å². The number of rotatable bonds is 5. The van der Waals surface area contributed by atoms with E-state index in [-0.39, 0.29) is 11.5 Å². The van der Waals surface area contributed by atoms with Gasteiger partial charge in [-0.3, -0.25) is 5.32 Å². The smallest absolute Gasteiger partial charge is 0.208 e. The van der Waals surface area contributed by atoms with E-state index >= 15 is 0 Å². The van der Waals surface area contributed by atoms with Gasteiger partial charge in [-0.2, -0.15) is 0 Å². The van der Waals surface area contributed by atoms with Crippen molar-refractivity contribution in [2.45, 2.75) is 45.7 Å². The van der Waals surface area contributed by atoms with Gasteiger partial charge in [0.25, 0.3) is 0 Å². The first-order chi connectivity index (χ1) is 11.4. The third-order valence-electron chi connectivity index (χ3n) is 3.84. The van der Waals surface area contributed by atoms with Gasteiger partial charge in [0.05, 0.1) is 24.0 Å². The lowest BCUT2D eigenvalue weighted by Gasteiger charge is -2.13. The summed E-state index contributed by atoms with van der Waals surface area (Å²) in [5.41, 5.74) is 3.16. The molecule has 0 fully saturated rings. The van der Waals surface area contributed by atoms with Gasteiger partial charge in [-0.05, 0) is 6.92 Å². The number of nitrogens with zero attached hydrogens (tertiary/aromatic N) is 2. The number of hydrogen-bond acceptors (Lipinski definition) is 5. The Morgan fingerprint density at radius 1 is 1.17 bits per heavy atom. The van der Waals surface area contributed by atoms with Gasteiger partial charge in [0.15, 0.2) is 0 Å². The fourth-order valence-electron chi connectivity index (χ4n) is 2.29. The van der Waals surface area contributed by atoms with Crippen molar-refractivity contribution in [3.05, 3.63) is 58.6 Å². The largest absolute Gasteiger partial charge is 0.447 e. The highest BCUT2D eigenvalue weighted by Gasteiger charge is 2.19. The van der Waals surface area contributed by atoms with Crippen LogP contribution in [0.4, 0.5) is 0 Å². The predicted octanol–water partition coefficient (Wildman–Crippen LogP) is 4.95. The van der Waals surface area contributed by atoms with Crippen LogP contribution in [0.15, 0.2) is 46.4 Å². The van der Waals surface area contributed by atoms with Gasteiger partial charge in [-0.25, -0.2) is 9.97 Å². The number of oxazole rings is 1. The zero-order chi connectivity index (χ0) is 17.2. The number of benzene rings is 1. The number of thiazole rings is 1. The van der Waals surface area contributed by atoms with Gasteiger partial charge in [0, 0.05) is 16.4 Å². The molecular weight excluding hydrogens is 318 g/mol. The van der Waals surface area contributed by atoms with Crippen LogP contribution in [0.25, 0.3) is 11.3 Å². The molecule has 0 saturated carbocycles. The molecule has 2 aromatic heterocycles. The first kappa shape index (κ1) is 16.9. The second-order valence-electron chi connectivity index (χ2n) is 6.92. The third kappa shape index (κ3) is 3.91. The summed E-state index contributed by atoms with van der Waals surface area (Å²) in [6.07, 6.45) is 1.75. The lowest BCUT2D eigenvalue weighted by molar-refractivity contribution is 0.446. The van der Waals surface area contributed by atoms with Crippen molar-refractivity contribution < 1.29 is 4.42 Å². The van der Waals surface area contributed by atoms with E-state index in [1.807, 2.05) is 18.2 Å². The molecule has 4 nitrogen and oxygen atoms in total. The highest BCUT2D eigenvalue weighted by Crippen LogP contribution is 2.26. The van der Waals surface area contributed by atoms with Crippen molar-refractivity contribution in [1.82, 2.24) is 15.3 Å². The first-order valence-electron chi connectivity index (χ1n) is 8.12. The van der Waals surface area contributed by atoms with E-state index in [2.05, 4.69) is 55.5 Å². The van der Waals surface area contributed by atoms with E-state index in [1.165, 1.54) is 0 Å². The minimum Gasteiger partial charge on any atom is -0.447 e. The molecular formula is C19H23N3OS. The normalized spacial score (nSPS) is 13.2. The molecule has 1 atom stereocenters. The summed E-state index contributed by atoms with van der Waals surface area (Å²) < 4.78 is 5.56. The molecule has 126 valence electrons. The van der Waals surface area contributed by atoms with Gasteiger partial charge in [-0.15, -0.1) is 11.3 Å². The van der Waals surface area contributed by atoms with Crippen molar-refractivity contribution >= 4 is 11.3 Å². The Labute approximate surface area is 147 Å². The first-order valence-corrected chi connectivity index (χ1v) is 9.00. The van der Waals surface area contributed by atoms with Crippen molar-refractivity contribution in [2.75, 3.05) is 0 Å². The summed E-state index contributed by atoms with van der Waals surface area (Å²) in [6, 6.07) is 10.4. The molecule has 0 saturated heterocycles. The highest BCUT2D eigenvalue weighted by atomic mass is 32.1. The van der Waals surface area contributed by atoms with Crippen molar-refractivity contribution in [1.29, 1.82) is 0 Å². The molecule has 1 N–H and O–H groups in total. The van der Waals surface area contributed by atoms with Gasteiger partial charge < -0.3 is 4.42 Å². The van der Waals surface area contributed by atoms with Gasteiger partial charge in [-0.1, -0.05) is 51.1 Å². The molecule has 0 spiro atoms. The van der Waals surface area contributed by atoms with Crippen LogP contribution in [0, 0.1) is 0 Å². The maximum atomic E-state index is 5.56. The molecule has 3 rings (SSSR count). The average Bonchev–Trinajstić information content (AvgIpc) is 3.22. The summed E-state index contributed by atoms with van der Waals surface area (Å²) in [5.74, 6) is 0.714. The third-order valence-corrected chi connectivity index (χ3v) is 4.87. The summed E-state index contributed by atoms with van der Waals surface area (Å²) >= 11 is 1.67. The molecule has 0 radical (unpaired) electrons. The Bertz CT molecular complexity index is 786. The van der Waals surface area contributed by atoms with E-state index in [0.717, 1.165) is 22.0 Å². The zero-order valence-electron chi connectivity index (χ0n) is 14.5. The predicted molar refractivity (Wildman–Crippen MR) is 98.0 cm³/mol. The topological polar surface area (TPSA) is 51.0 Å². The maximum absolute atomic E-state index is 5.56. The molecule has 1 aromatic carbocycles. The molecule has 24 heavy (non-hydrogen) atoms. The molecule has 2 heterocycles. The Morgan fingerprint density at radius 2 is 1.92 bits per heavy atom. The van der Waals surface area contributed by atoms with Crippen molar-refractivity contribution in [3.63, 3.8) is 0 Å². The zero-order valence-corrected chi connectivity index (χ0v) is 15.4. The van der Waals surface area contributed by atoms with E-state index in [9.17, 15) is 0 Å². The van der Waals surface area contributed by atoms with Crippen LogP contribution in [0.5, 0.6) is 0 Å². The van der Waals surface area contributed by atoms with Crippen LogP contribution in [0.2, 0.25) is 0 Å². The van der Waals surface area contributed by atoms with Gasteiger partial charge in [0.1, 0.15) is 11.3 Å². The Morgan fingerprint density at radius 3 is 2.58 bits per heavy atom. The van der Waals surface area contributed by atoms with E-state index in [4.69, 9.17) is 9.40 Å². The molecule has 0 aliphatic carbocycles. The van der Waals surface area contributed by atoms with Crippen LogP contribution in [0.3, 0.4) is 0 Å². The van der Waals surface area contributed by atoms with Crippen molar-refractivity contribution in [3.8, 4) is 11.3 Å². The van der Waals surface area contributed by atoms with Crippen LogP contribution in [-0.4, -0.2) is 9.97 Å². The van der Waals surface area contributed by atoms with Crippen LogP contribution in [0.1, 0.15) is 50.3 Å². The fraction of sp³-hybridized carbons (Fsp3) is 0.368. The quantitative estimate of drug-likeness (QED) is 0.713. The molecule has 0 amide bonds. The second kappa shape index (κ2) is 6.87. The van der Waals surface area contributed by atoms with Crippen LogP contribution < -0.4 is 5.32 Å². The monoisotopic (exact) mass is 341 g/mol. The Balaban J connectivity index is 1.62. The van der Waals surface area contributed by atoms with Crippen LogP contribution in [-0.2, 0) is 12.0 Å². The average molecular weight is 341 g/mol. The summed E-state index contributed by atoms with van der Waals surface area (Å²) in [7, 11) is 0. The Kier molecular flexibility index (Phi) is 4.83. The molecule has 0 aliphatic rings.